The van der Waals surface area contributed by atoms with Crippen LogP contribution in [-0.2, 0) is 9.59 Å². The molecule has 0 aromatic heterocycles. The number of amides is 2. The first-order chi connectivity index (χ1) is 15.3. The van der Waals surface area contributed by atoms with Crippen molar-refractivity contribution < 1.29 is 14.3 Å². The molecule has 5 nitrogen and oxygen atoms in total. The van der Waals surface area contributed by atoms with Crippen LogP contribution in [0.1, 0.15) is 22.3 Å². The molecule has 6 heteroatoms. The number of carbonyl (C=O) groups is 2. The molecule has 1 heterocycles. The predicted octanol–water partition coefficient (Wildman–Crippen LogP) is 5.67. The lowest BCUT2D eigenvalue weighted by molar-refractivity contribution is -0.120. The summed E-state index contributed by atoms with van der Waals surface area (Å²) in [5.74, 6) is -0.381. The van der Waals surface area contributed by atoms with Gasteiger partial charge in [-0.05, 0) is 56.2 Å². The largest absolute Gasteiger partial charge is 0.495 e. The molecule has 0 saturated heterocycles. The van der Waals surface area contributed by atoms with Crippen LogP contribution >= 0.6 is 11.6 Å². The van der Waals surface area contributed by atoms with Gasteiger partial charge in [-0.2, -0.15) is 0 Å². The Bertz CT molecular complexity index is 1260. The molecule has 4 rings (SSSR count). The number of halogens is 1. The first-order valence-electron chi connectivity index (χ1n) is 10.2. The van der Waals surface area contributed by atoms with Crippen molar-refractivity contribution in [2.45, 2.75) is 20.8 Å². The Morgan fingerprint density at radius 3 is 2.16 bits per heavy atom. The summed E-state index contributed by atoms with van der Waals surface area (Å²) in [7, 11) is 1.51. The molecule has 0 saturated carbocycles. The van der Waals surface area contributed by atoms with E-state index in [1.807, 2.05) is 63.2 Å². The van der Waals surface area contributed by atoms with Gasteiger partial charge in [0.05, 0.1) is 23.4 Å². The predicted molar refractivity (Wildman–Crippen MR) is 128 cm³/mol. The fraction of sp³-hybridized carbons (Fsp3) is 0.154. The van der Waals surface area contributed by atoms with Crippen LogP contribution in [0.5, 0.6) is 5.75 Å². The number of nitrogens with one attached hydrogen (secondary N) is 1. The van der Waals surface area contributed by atoms with Gasteiger partial charge in [-0.3, -0.25) is 9.59 Å². The minimum atomic E-state index is -0.438. The first kappa shape index (κ1) is 21.7. The molecule has 0 unspecified atom stereocenters. The molecular weight excluding hydrogens is 424 g/mol. The Morgan fingerprint density at radius 1 is 0.844 bits per heavy atom. The quantitative estimate of drug-likeness (QED) is 0.513. The standard InChI is InChI=1S/C26H23ClN2O3/c1-15-5-8-18(9-6-15)23-24(28-21-11-7-16(2)13-17(21)3)26(31)29(25(23)30)19-10-12-22(32-4)20(27)14-19/h5-14,28H,1-4H3. The number of benzene rings is 3. The van der Waals surface area contributed by atoms with E-state index in [9.17, 15) is 9.59 Å². The summed E-state index contributed by atoms with van der Waals surface area (Å²) in [6.07, 6.45) is 0. The molecule has 0 bridgehead atoms. The zero-order valence-corrected chi connectivity index (χ0v) is 19.1. The Hall–Kier alpha value is -3.57. The average Bonchev–Trinajstić information content (AvgIpc) is 3.00. The molecule has 0 fully saturated rings. The lowest BCUT2D eigenvalue weighted by atomic mass is 10.0. The third-order valence-corrected chi connectivity index (χ3v) is 5.75. The summed E-state index contributed by atoms with van der Waals surface area (Å²) in [6, 6.07) is 18.3. The zero-order valence-electron chi connectivity index (χ0n) is 18.3. The van der Waals surface area contributed by atoms with Crippen molar-refractivity contribution in [1.29, 1.82) is 0 Å². The van der Waals surface area contributed by atoms with Crippen molar-refractivity contribution in [2.75, 3.05) is 17.3 Å². The molecule has 1 aliphatic heterocycles. The van der Waals surface area contributed by atoms with Crippen LogP contribution in [0.25, 0.3) is 5.57 Å². The van der Waals surface area contributed by atoms with Crippen molar-refractivity contribution >= 4 is 40.4 Å². The number of imide groups is 1. The van der Waals surface area contributed by atoms with Gasteiger partial charge in [0.1, 0.15) is 11.4 Å². The highest BCUT2D eigenvalue weighted by molar-refractivity contribution is 6.46. The minimum Gasteiger partial charge on any atom is -0.495 e. The summed E-state index contributed by atoms with van der Waals surface area (Å²) in [4.78, 5) is 28.2. The topological polar surface area (TPSA) is 58.6 Å². The molecule has 1 aliphatic rings. The Balaban J connectivity index is 1.83. The van der Waals surface area contributed by atoms with Crippen LogP contribution in [0, 0.1) is 20.8 Å². The number of anilines is 2. The summed E-state index contributed by atoms with van der Waals surface area (Å²) in [5, 5.41) is 3.54. The van der Waals surface area contributed by atoms with E-state index in [-0.39, 0.29) is 5.70 Å². The van der Waals surface area contributed by atoms with Gasteiger partial charge < -0.3 is 10.1 Å². The van der Waals surface area contributed by atoms with Crippen molar-refractivity contribution in [3.05, 3.63) is 93.6 Å². The molecule has 1 N–H and O–H groups in total. The molecule has 0 spiro atoms. The van der Waals surface area contributed by atoms with Gasteiger partial charge >= 0.3 is 0 Å². The fourth-order valence-corrected chi connectivity index (χ4v) is 4.00. The van der Waals surface area contributed by atoms with E-state index in [4.69, 9.17) is 16.3 Å². The highest BCUT2D eigenvalue weighted by atomic mass is 35.5. The monoisotopic (exact) mass is 446 g/mol. The maximum atomic E-state index is 13.5. The maximum Gasteiger partial charge on any atom is 0.282 e. The lowest BCUT2D eigenvalue weighted by Crippen LogP contribution is -2.32. The van der Waals surface area contributed by atoms with Crippen molar-refractivity contribution in [1.82, 2.24) is 0 Å². The van der Waals surface area contributed by atoms with Crippen molar-refractivity contribution in [2.24, 2.45) is 0 Å². The summed E-state index contributed by atoms with van der Waals surface area (Å²) in [5.41, 5.74) is 5.53. The van der Waals surface area contributed by atoms with Crippen LogP contribution in [-0.4, -0.2) is 18.9 Å². The van der Waals surface area contributed by atoms with Crippen molar-refractivity contribution in [3.8, 4) is 5.75 Å². The van der Waals surface area contributed by atoms with E-state index in [2.05, 4.69) is 5.32 Å². The SMILES string of the molecule is COc1ccc(N2C(=O)C(Nc3ccc(C)cc3C)=C(c3ccc(C)cc3)C2=O)cc1Cl. The van der Waals surface area contributed by atoms with E-state index < -0.39 is 11.8 Å². The Morgan fingerprint density at radius 2 is 1.53 bits per heavy atom. The molecular formula is C26H23ClN2O3. The molecule has 0 atom stereocenters. The highest BCUT2D eigenvalue weighted by Gasteiger charge is 2.40. The Kier molecular flexibility index (Phi) is 5.76. The Labute approximate surface area is 192 Å². The normalized spacial score (nSPS) is 13.7. The fourth-order valence-electron chi connectivity index (χ4n) is 3.75. The maximum absolute atomic E-state index is 13.5. The van der Waals surface area contributed by atoms with Gasteiger partial charge in [0.2, 0.25) is 0 Å². The smallest absolute Gasteiger partial charge is 0.282 e. The zero-order chi connectivity index (χ0) is 23.0. The van der Waals surface area contributed by atoms with Crippen molar-refractivity contribution in [3.63, 3.8) is 0 Å². The molecule has 162 valence electrons. The lowest BCUT2D eigenvalue weighted by Gasteiger charge is -2.17. The third kappa shape index (κ3) is 3.87. The second-order valence-electron chi connectivity index (χ2n) is 7.82. The van der Waals surface area contributed by atoms with E-state index in [0.717, 1.165) is 27.3 Å². The molecule has 2 amide bonds. The molecule has 3 aromatic rings. The number of carbonyl (C=O) groups excluding carboxylic acids is 2. The van der Waals surface area contributed by atoms with E-state index >= 15 is 0 Å². The summed E-state index contributed by atoms with van der Waals surface area (Å²) < 4.78 is 5.20. The van der Waals surface area contributed by atoms with E-state index in [1.165, 1.54) is 7.11 Å². The van der Waals surface area contributed by atoms with Crippen LogP contribution in [0.2, 0.25) is 5.02 Å². The van der Waals surface area contributed by atoms with Gasteiger partial charge in [-0.1, -0.05) is 59.1 Å². The summed E-state index contributed by atoms with van der Waals surface area (Å²) in [6.45, 7) is 5.94. The van der Waals surface area contributed by atoms with Gasteiger partial charge in [-0.25, -0.2) is 4.90 Å². The van der Waals surface area contributed by atoms with Gasteiger partial charge in [0, 0.05) is 5.69 Å². The van der Waals surface area contributed by atoms with Gasteiger partial charge in [0.15, 0.2) is 0 Å². The van der Waals surface area contributed by atoms with Crippen LogP contribution in [0.15, 0.2) is 66.4 Å². The number of hydrogen-bond donors (Lipinski definition) is 1. The van der Waals surface area contributed by atoms with Crippen LogP contribution < -0.4 is 15.0 Å². The highest BCUT2D eigenvalue weighted by Crippen LogP contribution is 2.37. The number of methoxy groups -OCH3 is 1. The van der Waals surface area contributed by atoms with E-state index in [0.29, 0.717) is 27.6 Å². The van der Waals surface area contributed by atoms with Gasteiger partial charge in [0.25, 0.3) is 11.8 Å². The number of aryl methyl sites for hydroxylation is 3. The summed E-state index contributed by atoms with van der Waals surface area (Å²) >= 11 is 6.27. The molecule has 3 aromatic carbocycles. The third-order valence-electron chi connectivity index (χ3n) is 5.46. The van der Waals surface area contributed by atoms with E-state index in [1.54, 1.807) is 18.2 Å². The second kappa shape index (κ2) is 8.52. The van der Waals surface area contributed by atoms with Gasteiger partial charge in [-0.15, -0.1) is 0 Å². The van der Waals surface area contributed by atoms with Crippen LogP contribution in [0.4, 0.5) is 11.4 Å². The minimum absolute atomic E-state index is 0.234. The first-order valence-corrected chi connectivity index (χ1v) is 10.6. The molecule has 0 radical (unpaired) electrons. The second-order valence-corrected chi connectivity index (χ2v) is 8.23. The number of rotatable bonds is 5. The molecule has 32 heavy (non-hydrogen) atoms. The molecule has 0 aliphatic carbocycles. The average molecular weight is 447 g/mol. The number of nitrogens with zero attached hydrogens (tertiary/aromatic N) is 1. The number of hydrogen-bond acceptors (Lipinski definition) is 4. The van der Waals surface area contributed by atoms with Crippen LogP contribution in [0.3, 0.4) is 0 Å². The number of ether oxygens (including phenoxy) is 1.